The van der Waals surface area contributed by atoms with E-state index in [9.17, 15) is 0 Å². The smallest absolute Gasteiger partial charge is 0.241 e. The molecule has 1 aliphatic heterocycles. The highest BCUT2D eigenvalue weighted by atomic mass is 16.5. The molecule has 28 heavy (non-hydrogen) atoms. The average Bonchev–Trinajstić information content (AvgIpc) is 3.19. The van der Waals surface area contributed by atoms with Crippen LogP contribution in [0, 0.1) is 0 Å². The van der Waals surface area contributed by atoms with Crippen LogP contribution in [0.2, 0.25) is 0 Å². The molecule has 146 valence electrons. The Kier molecular flexibility index (Phi) is 5.67. The third-order valence-electron chi connectivity index (χ3n) is 5.41. The Hall–Kier alpha value is -2.73. The minimum Gasteiger partial charge on any atom is -0.355 e. The number of rotatable bonds is 6. The molecule has 0 aliphatic carbocycles. The van der Waals surface area contributed by atoms with Gasteiger partial charge in [-0.05, 0) is 44.0 Å². The lowest BCUT2D eigenvalue weighted by Gasteiger charge is -2.31. The summed E-state index contributed by atoms with van der Waals surface area (Å²) in [6.45, 7) is 4.90. The van der Waals surface area contributed by atoms with Crippen LogP contribution in [0.3, 0.4) is 0 Å². The first-order valence-electron chi connectivity index (χ1n) is 9.97. The minimum atomic E-state index is 0.574. The van der Waals surface area contributed by atoms with Crippen LogP contribution in [0.25, 0.3) is 11.4 Å². The van der Waals surface area contributed by atoms with Crippen molar-refractivity contribution < 1.29 is 4.52 Å². The van der Waals surface area contributed by atoms with Crippen LogP contribution in [0.4, 0.5) is 5.82 Å². The summed E-state index contributed by atoms with van der Waals surface area (Å²) >= 11 is 0. The molecule has 0 saturated carbocycles. The van der Waals surface area contributed by atoms with Crippen LogP contribution in [-0.4, -0.2) is 39.7 Å². The number of nitrogens with zero attached hydrogens (tertiary/aromatic N) is 5. The zero-order chi connectivity index (χ0) is 19.3. The molecule has 3 aromatic rings. The predicted molar refractivity (Wildman–Crippen MR) is 110 cm³/mol. The van der Waals surface area contributed by atoms with Crippen molar-refractivity contribution in [1.29, 1.82) is 0 Å². The second-order valence-corrected chi connectivity index (χ2v) is 7.57. The van der Waals surface area contributed by atoms with Crippen molar-refractivity contribution >= 4 is 5.82 Å². The van der Waals surface area contributed by atoms with Crippen LogP contribution >= 0.6 is 0 Å². The molecule has 1 unspecified atom stereocenters. The number of piperidine rings is 1. The molecule has 1 fully saturated rings. The van der Waals surface area contributed by atoms with Crippen LogP contribution in [0.1, 0.15) is 37.6 Å². The van der Waals surface area contributed by atoms with Crippen molar-refractivity contribution in [2.24, 2.45) is 0 Å². The summed E-state index contributed by atoms with van der Waals surface area (Å²) in [6, 6.07) is 15.0. The van der Waals surface area contributed by atoms with Gasteiger partial charge in [0, 0.05) is 31.4 Å². The summed E-state index contributed by atoms with van der Waals surface area (Å²) in [5, 5.41) is 4.15. The Morgan fingerprint density at radius 2 is 2.00 bits per heavy atom. The van der Waals surface area contributed by atoms with Gasteiger partial charge < -0.3 is 9.42 Å². The molecule has 4 rings (SSSR count). The first-order chi connectivity index (χ1) is 13.7. The Bertz CT molecular complexity index is 877. The van der Waals surface area contributed by atoms with Crippen LogP contribution in [0.15, 0.2) is 53.2 Å². The standard InChI is InChI=1S/C22H27N5O/c1-17-8-6-7-13-27(17)16-21-24-22(25-28-21)19-11-12-20(23-14-19)26(2)15-18-9-4-3-5-10-18/h3-5,9-12,14,17H,6-8,13,15-16H2,1-2H3. The fourth-order valence-corrected chi connectivity index (χ4v) is 3.68. The zero-order valence-electron chi connectivity index (χ0n) is 16.6. The zero-order valence-corrected chi connectivity index (χ0v) is 16.6. The first-order valence-corrected chi connectivity index (χ1v) is 9.97. The molecule has 3 heterocycles. The van der Waals surface area contributed by atoms with E-state index >= 15 is 0 Å². The normalized spacial score (nSPS) is 17.6. The number of anilines is 1. The third kappa shape index (κ3) is 4.39. The molecule has 0 bridgehead atoms. The topological polar surface area (TPSA) is 58.3 Å². The van der Waals surface area contributed by atoms with Gasteiger partial charge >= 0.3 is 0 Å². The van der Waals surface area contributed by atoms with E-state index in [1.165, 1.54) is 24.8 Å². The van der Waals surface area contributed by atoms with Gasteiger partial charge in [0.2, 0.25) is 11.7 Å². The molecule has 2 aromatic heterocycles. The fraction of sp³-hybridized carbons (Fsp3) is 0.409. The Morgan fingerprint density at radius 1 is 1.14 bits per heavy atom. The van der Waals surface area contributed by atoms with Gasteiger partial charge in [-0.2, -0.15) is 4.98 Å². The van der Waals surface area contributed by atoms with E-state index in [0.717, 1.165) is 31.0 Å². The van der Waals surface area contributed by atoms with Gasteiger partial charge in [-0.1, -0.05) is 41.9 Å². The average molecular weight is 377 g/mol. The van der Waals surface area contributed by atoms with E-state index in [1.54, 1.807) is 0 Å². The van der Waals surface area contributed by atoms with E-state index < -0.39 is 0 Å². The predicted octanol–water partition coefficient (Wildman–Crippen LogP) is 4.14. The third-order valence-corrected chi connectivity index (χ3v) is 5.41. The summed E-state index contributed by atoms with van der Waals surface area (Å²) in [5.41, 5.74) is 2.13. The van der Waals surface area contributed by atoms with Gasteiger partial charge in [0.15, 0.2) is 0 Å². The SMILES string of the molecule is CC1CCCCN1Cc1nc(-c2ccc(N(C)Cc3ccccc3)nc2)no1. The molecule has 0 amide bonds. The lowest BCUT2D eigenvalue weighted by Crippen LogP contribution is -2.36. The van der Waals surface area contributed by atoms with E-state index in [-0.39, 0.29) is 0 Å². The summed E-state index contributed by atoms with van der Waals surface area (Å²) < 4.78 is 5.49. The Balaban J connectivity index is 1.40. The van der Waals surface area contributed by atoms with Crippen molar-refractivity contribution in [3.63, 3.8) is 0 Å². The van der Waals surface area contributed by atoms with E-state index in [4.69, 9.17) is 4.52 Å². The van der Waals surface area contributed by atoms with Crippen molar-refractivity contribution in [3.05, 3.63) is 60.1 Å². The van der Waals surface area contributed by atoms with Gasteiger partial charge in [-0.25, -0.2) is 4.98 Å². The molecule has 6 nitrogen and oxygen atoms in total. The van der Waals surface area contributed by atoms with Crippen LogP contribution in [-0.2, 0) is 13.1 Å². The monoisotopic (exact) mass is 377 g/mol. The summed E-state index contributed by atoms with van der Waals surface area (Å²) in [7, 11) is 2.04. The molecule has 1 saturated heterocycles. The molecule has 1 atom stereocenters. The maximum absolute atomic E-state index is 5.49. The second-order valence-electron chi connectivity index (χ2n) is 7.57. The largest absolute Gasteiger partial charge is 0.355 e. The Labute approximate surface area is 166 Å². The highest BCUT2D eigenvalue weighted by Gasteiger charge is 2.21. The number of likely N-dealkylation sites (tertiary alicyclic amines) is 1. The van der Waals surface area contributed by atoms with Crippen molar-refractivity contribution in [3.8, 4) is 11.4 Å². The van der Waals surface area contributed by atoms with Crippen molar-refractivity contribution in [2.75, 3.05) is 18.5 Å². The van der Waals surface area contributed by atoms with Crippen LogP contribution in [0.5, 0.6) is 0 Å². The van der Waals surface area contributed by atoms with Gasteiger partial charge in [0.25, 0.3) is 0 Å². The quantitative estimate of drug-likeness (QED) is 0.643. The molecule has 1 aliphatic rings. The van der Waals surface area contributed by atoms with Crippen molar-refractivity contribution in [1.82, 2.24) is 20.0 Å². The van der Waals surface area contributed by atoms with E-state index in [1.807, 2.05) is 31.4 Å². The van der Waals surface area contributed by atoms with Crippen molar-refractivity contribution in [2.45, 2.75) is 45.3 Å². The number of pyridine rings is 1. The molecule has 1 aromatic carbocycles. The molecule has 0 spiro atoms. The van der Waals surface area contributed by atoms with E-state index in [0.29, 0.717) is 17.8 Å². The van der Waals surface area contributed by atoms with Gasteiger partial charge in [0.1, 0.15) is 5.82 Å². The molecular formula is C22H27N5O. The lowest BCUT2D eigenvalue weighted by atomic mass is 10.0. The summed E-state index contributed by atoms with van der Waals surface area (Å²) in [6.07, 6.45) is 5.61. The second kappa shape index (κ2) is 8.52. The first kappa shape index (κ1) is 18.6. The molecule has 6 heteroatoms. The highest BCUT2D eigenvalue weighted by molar-refractivity contribution is 5.55. The summed E-state index contributed by atoms with van der Waals surface area (Å²) in [4.78, 5) is 13.7. The number of hydrogen-bond acceptors (Lipinski definition) is 6. The maximum atomic E-state index is 5.49. The van der Waals surface area contributed by atoms with Crippen LogP contribution < -0.4 is 4.90 Å². The molecule has 0 radical (unpaired) electrons. The number of aromatic nitrogens is 3. The summed E-state index contributed by atoms with van der Waals surface area (Å²) in [5.74, 6) is 2.19. The van der Waals surface area contributed by atoms with E-state index in [2.05, 4.69) is 56.1 Å². The Morgan fingerprint density at radius 3 is 2.75 bits per heavy atom. The fourth-order valence-electron chi connectivity index (χ4n) is 3.68. The maximum Gasteiger partial charge on any atom is 0.241 e. The molecular weight excluding hydrogens is 350 g/mol. The highest BCUT2D eigenvalue weighted by Crippen LogP contribution is 2.22. The lowest BCUT2D eigenvalue weighted by molar-refractivity contribution is 0.135. The van der Waals surface area contributed by atoms with Gasteiger partial charge in [-0.3, -0.25) is 4.90 Å². The van der Waals surface area contributed by atoms with Gasteiger partial charge in [-0.15, -0.1) is 0 Å². The number of hydrogen-bond donors (Lipinski definition) is 0. The molecule has 0 N–H and O–H groups in total. The number of benzene rings is 1. The minimum absolute atomic E-state index is 0.574. The van der Waals surface area contributed by atoms with Gasteiger partial charge in [0.05, 0.1) is 6.54 Å².